The van der Waals surface area contributed by atoms with E-state index in [-0.39, 0.29) is 37.7 Å². The van der Waals surface area contributed by atoms with Gasteiger partial charge in [0, 0.05) is 17.4 Å². The molecule has 1 aliphatic rings. The molecule has 3 rings (SSSR count). The third kappa shape index (κ3) is 9.35. The predicted molar refractivity (Wildman–Crippen MR) is 140 cm³/mol. The molecule has 0 bridgehead atoms. The first kappa shape index (κ1) is 26.6. The summed E-state index contributed by atoms with van der Waals surface area (Å²) in [6, 6.07) is 18.1. The molecule has 2 aromatic carbocycles. The van der Waals surface area contributed by atoms with Gasteiger partial charge < -0.3 is 14.2 Å². The van der Waals surface area contributed by atoms with E-state index in [2.05, 4.69) is 12.1 Å². The number of rotatable bonds is 14. The molecule has 1 fully saturated rings. The second-order valence-electron chi connectivity index (χ2n) is 8.28. The fourth-order valence-electron chi connectivity index (χ4n) is 3.65. The molecule has 1 heterocycles. The smallest absolute Gasteiger partial charge is 0.313 e. The van der Waals surface area contributed by atoms with E-state index in [0.29, 0.717) is 13.0 Å². The van der Waals surface area contributed by atoms with E-state index >= 15 is 0 Å². The Bertz CT molecular complexity index is 866. The van der Waals surface area contributed by atoms with E-state index in [9.17, 15) is 9.59 Å². The lowest BCUT2D eigenvalue weighted by atomic mass is 9.97. The van der Waals surface area contributed by atoms with Crippen molar-refractivity contribution in [2.45, 2.75) is 50.2 Å². The average Bonchev–Trinajstić information content (AvgIpc) is 3.40. The topological polar surface area (TPSA) is 61.8 Å². The molecular formula is C27H34O5S2. The summed E-state index contributed by atoms with van der Waals surface area (Å²) in [4.78, 5) is 24.1. The number of esters is 2. The molecule has 1 aliphatic heterocycles. The molecule has 34 heavy (non-hydrogen) atoms. The van der Waals surface area contributed by atoms with Crippen LogP contribution >= 0.6 is 21.6 Å². The average molecular weight is 503 g/mol. The van der Waals surface area contributed by atoms with Gasteiger partial charge in [-0.2, -0.15) is 0 Å². The van der Waals surface area contributed by atoms with E-state index in [1.165, 1.54) is 18.6 Å². The molecule has 184 valence electrons. The zero-order valence-corrected chi connectivity index (χ0v) is 21.4. The van der Waals surface area contributed by atoms with Gasteiger partial charge >= 0.3 is 11.9 Å². The Morgan fingerprint density at radius 1 is 0.912 bits per heavy atom. The Hall–Kier alpha value is -1.96. The van der Waals surface area contributed by atoms with Gasteiger partial charge in [-0.05, 0) is 42.9 Å². The van der Waals surface area contributed by atoms with Crippen molar-refractivity contribution in [2.75, 3.05) is 32.2 Å². The first-order valence-electron chi connectivity index (χ1n) is 12.0. The summed E-state index contributed by atoms with van der Waals surface area (Å²) < 4.78 is 16.0. The number of hydrogen-bond acceptors (Lipinski definition) is 7. The SMILES string of the molecule is CC(C(=O)OCCOCCOC(=O)CCCCC1CCSS1)c1ccc(-c2ccccc2)cc1. The van der Waals surface area contributed by atoms with E-state index in [1.807, 2.05) is 71.0 Å². The normalized spacial score (nSPS) is 16.2. The maximum atomic E-state index is 12.3. The maximum absolute atomic E-state index is 12.3. The van der Waals surface area contributed by atoms with Gasteiger partial charge in [0.1, 0.15) is 13.2 Å². The summed E-state index contributed by atoms with van der Waals surface area (Å²) in [6.07, 6.45) is 4.89. The van der Waals surface area contributed by atoms with Crippen molar-refractivity contribution in [3.05, 3.63) is 60.2 Å². The molecule has 2 atom stereocenters. The van der Waals surface area contributed by atoms with Crippen molar-refractivity contribution in [1.82, 2.24) is 0 Å². The molecule has 0 aromatic heterocycles. The minimum Gasteiger partial charge on any atom is -0.463 e. The molecule has 5 nitrogen and oxygen atoms in total. The molecule has 2 aromatic rings. The van der Waals surface area contributed by atoms with Gasteiger partial charge in [0.15, 0.2) is 0 Å². The molecule has 0 saturated carbocycles. The Morgan fingerprint density at radius 3 is 2.32 bits per heavy atom. The van der Waals surface area contributed by atoms with Crippen LogP contribution in [0.15, 0.2) is 54.6 Å². The van der Waals surface area contributed by atoms with Crippen LogP contribution in [0.1, 0.15) is 50.5 Å². The van der Waals surface area contributed by atoms with Gasteiger partial charge in [0.05, 0.1) is 19.1 Å². The summed E-state index contributed by atoms with van der Waals surface area (Å²) in [5.41, 5.74) is 3.17. The highest BCUT2D eigenvalue weighted by Crippen LogP contribution is 2.39. The Balaban J connectivity index is 1.21. The highest BCUT2D eigenvalue weighted by atomic mass is 33.1. The van der Waals surface area contributed by atoms with E-state index in [4.69, 9.17) is 14.2 Å². The number of carbonyl (C=O) groups excluding carboxylic acids is 2. The second kappa shape index (κ2) is 15.1. The number of benzene rings is 2. The standard InChI is InChI=1S/C27H34O5S2/c1-21(22-11-13-24(14-12-22)23-7-3-2-4-8-23)27(29)32-19-17-30-16-18-31-26(28)10-6-5-9-25-15-20-33-34-25/h2-4,7-8,11-14,21,25H,5-6,9-10,15-20H2,1H3. The monoisotopic (exact) mass is 502 g/mol. The molecular weight excluding hydrogens is 468 g/mol. The van der Waals surface area contributed by atoms with Crippen molar-refractivity contribution in [3.63, 3.8) is 0 Å². The first-order chi connectivity index (χ1) is 16.6. The van der Waals surface area contributed by atoms with E-state index in [0.717, 1.165) is 34.8 Å². The molecule has 2 unspecified atom stereocenters. The van der Waals surface area contributed by atoms with E-state index < -0.39 is 0 Å². The molecule has 0 spiro atoms. The van der Waals surface area contributed by atoms with Crippen LogP contribution in [0.3, 0.4) is 0 Å². The lowest BCUT2D eigenvalue weighted by Crippen LogP contribution is -2.17. The second-order valence-corrected chi connectivity index (χ2v) is 11.1. The third-order valence-corrected chi connectivity index (χ3v) is 8.73. The van der Waals surface area contributed by atoms with Crippen LogP contribution in [0.2, 0.25) is 0 Å². The summed E-state index contributed by atoms with van der Waals surface area (Å²) >= 11 is 0. The van der Waals surface area contributed by atoms with E-state index in [1.54, 1.807) is 0 Å². The van der Waals surface area contributed by atoms with Gasteiger partial charge in [-0.25, -0.2) is 0 Å². The van der Waals surface area contributed by atoms with Crippen molar-refractivity contribution < 1.29 is 23.8 Å². The Labute approximate surface area is 210 Å². The van der Waals surface area contributed by atoms with Gasteiger partial charge in [-0.3, -0.25) is 9.59 Å². The summed E-state index contributed by atoms with van der Waals surface area (Å²) in [5.74, 6) is 0.447. The lowest BCUT2D eigenvalue weighted by Gasteiger charge is -2.13. The Kier molecular flexibility index (Phi) is 11.8. The van der Waals surface area contributed by atoms with Crippen LogP contribution in [-0.2, 0) is 23.8 Å². The number of carbonyl (C=O) groups is 2. The summed E-state index contributed by atoms with van der Waals surface area (Å²) in [6.45, 7) is 2.82. The molecule has 0 aliphatic carbocycles. The zero-order chi connectivity index (χ0) is 24.0. The number of unbranched alkanes of at least 4 members (excludes halogenated alkanes) is 1. The van der Waals surface area contributed by atoms with Crippen molar-refractivity contribution >= 4 is 33.5 Å². The van der Waals surface area contributed by atoms with Gasteiger partial charge in [0.2, 0.25) is 0 Å². The fraction of sp³-hybridized carbons (Fsp3) is 0.481. The first-order valence-corrected chi connectivity index (χ1v) is 14.4. The Morgan fingerprint density at radius 2 is 1.62 bits per heavy atom. The number of hydrogen-bond donors (Lipinski definition) is 0. The summed E-state index contributed by atoms with van der Waals surface area (Å²) in [5, 5.41) is 0.756. The molecule has 0 amide bonds. The van der Waals surface area contributed by atoms with Gasteiger partial charge in [0.25, 0.3) is 0 Å². The zero-order valence-electron chi connectivity index (χ0n) is 19.8. The van der Waals surface area contributed by atoms with Crippen LogP contribution in [0.4, 0.5) is 0 Å². The largest absolute Gasteiger partial charge is 0.463 e. The highest BCUT2D eigenvalue weighted by Gasteiger charge is 2.17. The van der Waals surface area contributed by atoms with Crippen molar-refractivity contribution in [2.24, 2.45) is 0 Å². The van der Waals surface area contributed by atoms with Crippen molar-refractivity contribution in [1.29, 1.82) is 0 Å². The molecule has 7 heteroatoms. The minimum absolute atomic E-state index is 0.171. The predicted octanol–water partition coefficient (Wildman–Crippen LogP) is 6.27. The fourth-order valence-corrected chi connectivity index (χ4v) is 6.68. The lowest BCUT2D eigenvalue weighted by molar-refractivity contribution is -0.147. The maximum Gasteiger partial charge on any atom is 0.313 e. The van der Waals surface area contributed by atoms with Crippen LogP contribution < -0.4 is 0 Å². The number of ether oxygens (including phenoxy) is 3. The molecule has 1 saturated heterocycles. The minimum atomic E-state index is -0.350. The van der Waals surface area contributed by atoms with Crippen molar-refractivity contribution in [3.8, 4) is 11.1 Å². The molecule has 0 radical (unpaired) electrons. The van der Waals surface area contributed by atoms with Gasteiger partial charge in [-0.15, -0.1) is 0 Å². The van der Waals surface area contributed by atoms with Crippen LogP contribution in [0.25, 0.3) is 11.1 Å². The third-order valence-electron chi connectivity index (χ3n) is 5.72. The molecule has 0 N–H and O–H groups in total. The highest BCUT2D eigenvalue weighted by molar-refractivity contribution is 8.77. The van der Waals surface area contributed by atoms with Crippen LogP contribution in [0.5, 0.6) is 0 Å². The quantitative estimate of drug-likeness (QED) is 0.171. The van der Waals surface area contributed by atoms with Gasteiger partial charge in [-0.1, -0.05) is 82.6 Å². The van der Waals surface area contributed by atoms with Crippen LogP contribution in [0, 0.1) is 0 Å². The summed E-state index contributed by atoms with van der Waals surface area (Å²) in [7, 11) is 3.93. The van der Waals surface area contributed by atoms with Crippen LogP contribution in [-0.4, -0.2) is 49.4 Å².